The van der Waals surface area contributed by atoms with Crippen molar-refractivity contribution in [3.8, 4) is 12.3 Å². The summed E-state index contributed by atoms with van der Waals surface area (Å²) in [6, 6.07) is 0. The number of ether oxygens (including phenoxy) is 1. The molecule has 0 aliphatic heterocycles. The van der Waals surface area contributed by atoms with Gasteiger partial charge < -0.3 is 4.74 Å². The maximum atomic E-state index is 13.3. The number of rotatable bonds is 10. The Bertz CT molecular complexity index is 616. The minimum Gasteiger partial charge on any atom is -0.362 e. The molecule has 0 saturated carbocycles. The molecule has 0 unspecified atom stereocenters. The van der Waals surface area contributed by atoms with E-state index in [1.54, 1.807) is 0 Å². The maximum absolute atomic E-state index is 13.3. The summed E-state index contributed by atoms with van der Waals surface area (Å²) in [5.41, 5.74) is 0. The molecular weight excluding hydrogens is 464 g/mol. The lowest BCUT2D eigenvalue weighted by Gasteiger charge is -2.42. The minimum atomic E-state index is -8.40. The van der Waals surface area contributed by atoms with Crippen LogP contribution in [-0.2, 0) is 4.74 Å². The van der Waals surface area contributed by atoms with Crippen molar-refractivity contribution in [2.75, 3.05) is 13.2 Å². The van der Waals surface area contributed by atoms with Crippen molar-refractivity contribution in [1.29, 1.82) is 0 Å². The van der Waals surface area contributed by atoms with E-state index < -0.39 is 61.1 Å². The highest BCUT2D eigenvalue weighted by molar-refractivity contribution is 5.14. The Labute approximate surface area is 150 Å². The Morgan fingerprint density at radius 2 is 0.966 bits per heavy atom. The van der Waals surface area contributed by atoms with Crippen molar-refractivity contribution in [2.45, 2.75) is 47.9 Å². The molecule has 0 rings (SSSR count). The highest BCUT2D eigenvalue weighted by atomic mass is 19.4. The zero-order chi connectivity index (χ0) is 23.9. The molecule has 0 spiro atoms. The van der Waals surface area contributed by atoms with E-state index >= 15 is 0 Å². The highest BCUT2D eigenvalue weighted by Gasteiger charge is 2.93. The van der Waals surface area contributed by atoms with Gasteiger partial charge in [-0.05, 0) is 0 Å². The second-order valence-electron chi connectivity index (χ2n) is 5.20. The molecule has 1 nitrogen and oxygen atoms in total. The average molecular weight is 470 g/mol. The first kappa shape index (κ1) is 27.4. The van der Waals surface area contributed by atoms with Gasteiger partial charge in [-0.1, -0.05) is 5.92 Å². The second kappa shape index (κ2) is 7.58. The first-order valence-electron chi connectivity index (χ1n) is 6.44. The van der Waals surface area contributed by atoms with Crippen molar-refractivity contribution in [3.05, 3.63) is 0 Å². The summed E-state index contributed by atoms with van der Waals surface area (Å²) in [7, 11) is 0. The smallest absolute Gasteiger partial charge is 0.362 e. The summed E-state index contributed by atoms with van der Waals surface area (Å²) in [6.45, 7) is -4.24. The van der Waals surface area contributed by atoms with Gasteiger partial charge in [-0.3, -0.25) is 0 Å². The van der Waals surface area contributed by atoms with Crippen LogP contribution in [0.25, 0.3) is 0 Å². The van der Waals surface area contributed by atoms with Gasteiger partial charge >= 0.3 is 47.9 Å². The van der Waals surface area contributed by atoms with Crippen LogP contribution in [0.5, 0.6) is 0 Å². The van der Waals surface area contributed by atoms with Crippen LogP contribution < -0.4 is 0 Å². The largest absolute Gasteiger partial charge is 0.384 e. The monoisotopic (exact) mass is 470 g/mol. The Balaban J connectivity index is 6.42. The molecule has 0 aliphatic carbocycles. The first-order chi connectivity index (χ1) is 12.5. The molecule has 0 amide bonds. The first-order valence-corrected chi connectivity index (χ1v) is 6.44. The molecule has 0 atom stereocenters. The quantitative estimate of drug-likeness (QED) is 0.238. The van der Waals surface area contributed by atoms with Gasteiger partial charge in [-0.15, -0.1) is 6.42 Å². The van der Waals surface area contributed by atoms with Crippen molar-refractivity contribution >= 4 is 0 Å². The molecule has 0 aliphatic rings. The standard InChI is InChI=1S/C12H6F16O/c1-2-3-29-4-6(15,16)8(19,20)10(23,24)12(27,28)11(25,26)9(21,22)7(17,18)5(13)14/h1,5H,3-4H2. The summed E-state index contributed by atoms with van der Waals surface area (Å²) >= 11 is 0. The summed E-state index contributed by atoms with van der Waals surface area (Å²) in [6.07, 6.45) is -1.47. The van der Waals surface area contributed by atoms with Gasteiger partial charge in [0.25, 0.3) is 0 Å². The third-order valence-electron chi connectivity index (χ3n) is 3.20. The van der Waals surface area contributed by atoms with Crippen LogP contribution in [0, 0.1) is 12.3 Å². The molecule has 29 heavy (non-hydrogen) atoms. The van der Waals surface area contributed by atoms with Crippen molar-refractivity contribution < 1.29 is 75.0 Å². The van der Waals surface area contributed by atoms with Gasteiger partial charge in [0.1, 0.15) is 13.2 Å². The van der Waals surface area contributed by atoms with Crippen LogP contribution in [0.15, 0.2) is 0 Å². The number of hydrogen-bond acceptors (Lipinski definition) is 1. The zero-order valence-electron chi connectivity index (χ0n) is 13.0. The molecule has 0 N–H and O–H groups in total. The predicted molar refractivity (Wildman–Crippen MR) is 60.3 cm³/mol. The fourth-order valence-corrected chi connectivity index (χ4v) is 1.50. The summed E-state index contributed by atoms with van der Waals surface area (Å²) in [5.74, 6) is -53.3. The van der Waals surface area contributed by atoms with E-state index in [1.165, 1.54) is 5.92 Å². The van der Waals surface area contributed by atoms with Gasteiger partial charge in [0.2, 0.25) is 0 Å². The molecule has 0 aromatic heterocycles. The normalized spacial score (nSPS) is 15.6. The molecule has 0 aromatic carbocycles. The molecule has 0 aromatic rings. The molecule has 17 heteroatoms. The van der Waals surface area contributed by atoms with Crippen molar-refractivity contribution in [3.63, 3.8) is 0 Å². The van der Waals surface area contributed by atoms with Crippen LogP contribution >= 0.6 is 0 Å². The number of halogens is 16. The van der Waals surface area contributed by atoms with E-state index in [0.717, 1.165) is 0 Å². The third-order valence-corrected chi connectivity index (χ3v) is 3.20. The van der Waals surface area contributed by atoms with Crippen LogP contribution in [0.1, 0.15) is 0 Å². The number of terminal acetylenes is 1. The van der Waals surface area contributed by atoms with E-state index in [4.69, 9.17) is 0 Å². The summed E-state index contributed by atoms with van der Waals surface area (Å²) < 4.78 is 210. The van der Waals surface area contributed by atoms with Crippen molar-refractivity contribution in [1.82, 2.24) is 0 Å². The van der Waals surface area contributed by atoms with Crippen LogP contribution in [0.4, 0.5) is 70.2 Å². The average Bonchev–Trinajstić information content (AvgIpc) is 2.53. The lowest BCUT2D eigenvalue weighted by atomic mass is 9.89. The fourth-order valence-electron chi connectivity index (χ4n) is 1.50. The van der Waals surface area contributed by atoms with Gasteiger partial charge in [0, 0.05) is 0 Å². The molecule has 0 fully saturated rings. The molecule has 0 bridgehead atoms. The molecular formula is C12H6F16O. The second-order valence-corrected chi connectivity index (χ2v) is 5.20. The third kappa shape index (κ3) is 3.79. The Morgan fingerprint density at radius 1 is 0.621 bits per heavy atom. The zero-order valence-corrected chi connectivity index (χ0v) is 13.0. The SMILES string of the molecule is C#CCOCC(F)(F)C(F)(F)C(F)(F)C(F)(F)C(F)(F)C(F)(F)C(F)(F)C(F)F. The number of alkyl halides is 16. The maximum Gasteiger partial charge on any atom is 0.384 e. The molecule has 0 heterocycles. The minimum absolute atomic E-state index is 1.32. The highest BCUT2D eigenvalue weighted by Crippen LogP contribution is 2.62. The predicted octanol–water partition coefficient (Wildman–Crippen LogP) is 5.35. The lowest BCUT2D eigenvalue weighted by molar-refractivity contribution is -0.448. The van der Waals surface area contributed by atoms with Crippen molar-refractivity contribution in [2.24, 2.45) is 0 Å². The molecule has 0 radical (unpaired) electrons. The number of hydrogen-bond donors (Lipinski definition) is 0. The Hall–Kier alpha value is -1.60. The molecule has 0 saturated heterocycles. The van der Waals surface area contributed by atoms with Crippen LogP contribution in [0.3, 0.4) is 0 Å². The summed E-state index contributed by atoms with van der Waals surface area (Å²) in [5, 5.41) is 0. The van der Waals surface area contributed by atoms with Gasteiger partial charge in [0.15, 0.2) is 0 Å². The van der Waals surface area contributed by atoms with E-state index in [-0.39, 0.29) is 0 Å². The van der Waals surface area contributed by atoms with E-state index in [9.17, 15) is 70.2 Å². The van der Waals surface area contributed by atoms with E-state index in [2.05, 4.69) is 11.2 Å². The fraction of sp³-hybridized carbons (Fsp3) is 0.833. The Kier molecular flexibility index (Phi) is 7.16. The van der Waals surface area contributed by atoms with Crippen LogP contribution in [0.2, 0.25) is 0 Å². The lowest BCUT2D eigenvalue weighted by Crippen LogP contribution is -2.74. The van der Waals surface area contributed by atoms with Crippen LogP contribution in [-0.4, -0.2) is 61.1 Å². The Morgan fingerprint density at radius 3 is 1.31 bits per heavy atom. The summed E-state index contributed by atoms with van der Waals surface area (Å²) in [4.78, 5) is 0. The van der Waals surface area contributed by atoms with Gasteiger partial charge in [0.05, 0.1) is 0 Å². The van der Waals surface area contributed by atoms with E-state index in [0.29, 0.717) is 0 Å². The van der Waals surface area contributed by atoms with E-state index in [1.807, 2.05) is 0 Å². The van der Waals surface area contributed by atoms with Gasteiger partial charge in [-0.2, -0.15) is 61.5 Å². The topological polar surface area (TPSA) is 9.23 Å². The molecule has 172 valence electrons. The van der Waals surface area contributed by atoms with Gasteiger partial charge in [-0.25, -0.2) is 8.78 Å².